The third-order valence-corrected chi connectivity index (χ3v) is 5.76. The molecule has 0 aliphatic heterocycles. The van der Waals surface area contributed by atoms with Crippen LogP contribution in [0.3, 0.4) is 0 Å². The van der Waals surface area contributed by atoms with Crippen LogP contribution in [0.4, 0.5) is 18.9 Å². The number of amides is 1. The first-order valence-electron chi connectivity index (χ1n) is 10.3. The lowest BCUT2D eigenvalue weighted by Crippen LogP contribution is -2.25. The van der Waals surface area contributed by atoms with Crippen LogP contribution < -0.4 is 5.32 Å². The average Bonchev–Trinajstić information content (AvgIpc) is 3.20. The van der Waals surface area contributed by atoms with Gasteiger partial charge in [0.05, 0.1) is 22.2 Å². The molecule has 0 saturated carbocycles. The second kappa shape index (κ2) is 9.84. The van der Waals surface area contributed by atoms with E-state index in [1.165, 1.54) is 16.3 Å². The maximum Gasteiger partial charge on any atom is 0.436 e. The third-order valence-electron chi connectivity index (χ3n) is 5.31. The normalized spacial score (nSPS) is 11.6. The predicted molar refractivity (Wildman–Crippen MR) is 118 cm³/mol. The van der Waals surface area contributed by atoms with E-state index in [-0.39, 0.29) is 30.4 Å². The van der Waals surface area contributed by atoms with E-state index in [0.717, 1.165) is 5.56 Å². The van der Waals surface area contributed by atoms with Crippen molar-refractivity contribution >= 4 is 23.2 Å². The highest BCUT2D eigenvalue weighted by Gasteiger charge is 2.38. The number of alkyl halides is 3. The van der Waals surface area contributed by atoms with Crippen molar-refractivity contribution < 1.29 is 22.9 Å². The first-order chi connectivity index (χ1) is 15.9. The number of benzene rings is 1. The molecule has 0 aliphatic carbocycles. The maximum absolute atomic E-state index is 12.9. The SMILES string of the molecule is Cc1nn(Cc2ccc(C(=O)NCCCn3nc(C(F)(F)F)c(Cl)c3C)cc2)c(C)c1[N+](=O)[O-]. The van der Waals surface area contributed by atoms with Gasteiger partial charge in [0.2, 0.25) is 0 Å². The summed E-state index contributed by atoms with van der Waals surface area (Å²) in [4.78, 5) is 23.0. The van der Waals surface area contributed by atoms with Crippen LogP contribution in [-0.2, 0) is 19.3 Å². The van der Waals surface area contributed by atoms with Crippen molar-refractivity contribution in [3.63, 3.8) is 0 Å². The van der Waals surface area contributed by atoms with Gasteiger partial charge in [-0.2, -0.15) is 23.4 Å². The molecule has 2 aromatic heterocycles. The van der Waals surface area contributed by atoms with Crippen molar-refractivity contribution in [2.24, 2.45) is 0 Å². The lowest BCUT2D eigenvalue weighted by Gasteiger charge is -2.08. The van der Waals surface area contributed by atoms with Gasteiger partial charge in [-0.25, -0.2) is 0 Å². The minimum absolute atomic E-state index is 0.0156. The lowest BCUT2D eigenvalue weighted by molar-refractivity contribution is -0.386. The van der Waals surface area contributed by atoms with Crippen LogP contribution in [0.25, 0.3) is 0 Å². The Labute approximate surface area is 197 Å². The Kier molecular flexibility index (Phi) is 7.29. The molecule has 0 aliphatic rings. The maximum atomic E-state index is 12.9. The van der Waals surface area contributed by atoms with Crippen molar-refractivity contribution in [2.75, 3.05) is 6.54 Å². The van der Waals surface area contributed by atoms with Gasteiger partial charge < -0.3 is 5.32 Å². The Bertz CT molecular complexity index is 1220. The highest BCUT2D eigenvalue weighted by Crippen LogP contribution is 2.35. The van der Waals surface area contributed by atoms with Gasteiger partial charge in [0.15, 0.2) is 5.69 Å². The molecule has 0 fully saturated rings. The molecule has 3 aromatic rings. The Morgan fingerprint density at radius 1 is 1.12 bits per heavy atom. The molecule has 182 valence electrons. The first-order valence-corrected chi connectivity index (χ1v) is 10.6. The third kappa shape index (κ3) is 5.38. The van der Waals surface area contributed by atoms with Gasteiger partial charge in [-0.15, -0.1) is 0 Å². The van der Waals surface area contributed by atoms with Crippen LogP contribution in [0.5, 0.6) is 0 Å². The number of nitro groups is 1. The van der Waals surface area contributed by atoms with E-state index >= 15 is 0 Å². The summed E-state index contributed by atoms with van der Waals surface area (Å²) in [6.07, 6.45) is -4.27. The number of aryl methyl sites for hydroxylation is 2. The van der Waals surface area contributed by atoms with E-state index in [4.69, 9.17) is 11.6 Å². The quantitative estimate of drug-likeness (QED) is 0.280. The molecule has 13 heteroatoms. The molecule has 34 heavy (non-hydrogen) atoms. The number of rotatable bonds is 8. The standard InChI is InChI=1S/C21H22ClF3N6O3/c1-12-18(31(33)34)14(3)30(27-12)11-15-5-7-16(8-6-15)20(32)26-9-4-10-29-13(2)17(22)19(28-29)21(23,24)25/h5-8H,4,9-11H2,1-3H3,(H,26,32). The zero-order chi connectivity index (χ0) is 25.2. The van der Waals surface area contributed by atoms with Gasteiger partial charge in [-0.05, 0) is 44.9 Å². The summed E-state index contributed by atoms with van der Waals surface area (Å²) >= 11 is 5.73. The van der Waals surface area contributed by atoms with Gasteiger partial charge in [0.1, 0.15) is 11.4 Å². The smallest absolute Gasteiger partial charge is 0.352 e. The Morgan fingerprint density at radius 2 is 1.76 bits per heavy atom. The van der Waals surface area contributed by atoms with Crippen LogP contribution >= 0.6 is 11.6 Å². The average molecular weight is 499 g/mol. The number of aromatic nitrogens is 4. The fraction of sp³-hybridized carbons (Fsp3) is 0.381. The summed E-state index contributed by atoms with van der Waals surface area (Å²) in [6.45, 7) is 5.36. The number of halogens is 4. The molecule has 3 rings (SSSR count). The van der Waals surface area contributed by atoms with Crippen LogP contribution in [0.2, 0.25) is 5.02 Å². The summed E-state index contributed by atoms with van der Waals surface area (Å²) in [5.74, 6) is -0.334. The van der Waals surface area contributed by atoms with Crippen molar-refractivity contribution in [2.45, 2.75) is 46.5 Å². The largest absolute Gasteiger partial charge is 0.436 e. The summed E-state index contributed by atoms with van der Waals surface area (Å²) < 4.78 is 41.4. The van der Waals surface area contributed by atoms with E-state index in [2.05, 4.69) is 15.5 Å². The highest BCUT2D eigenvalue weighted by atomic mass is 35.5. The van der Waals surface area contributed by atoms with E-state index in [9.17, 15) is 28.1 Å². The highest BCUT2D eigenvalue weighted by molar-refractivity contribution is 6.31. The van der Waals surface area contributed by atoms with Gasteiger partial charge in [0, 0.05) is 18.7 Å². The second-order valence-electron chi connectivity index (χ2n) is 7.71. The molecule has 0 saturated heterocycles. The van der Waals surface area contributed by atoms with E-state index < -0.39 is 21.8 Å². The minimum Gasteiger partial charge on any atom is -0.352 e. The molecule has 2 heterocycles. The topological polar surface area (TPSA) is 108 Å². The number of carbonyl (C=O) groups excluding carboxylic acids is 1. The van der Waals surface area contributed by atoms with Gasteiger partial charge in [-0.1, -0.05) is 23.7 Å². The fourth-order valence-corrected chi connectivity index (χ4v) is 3.74. The number of nitrogens with zero attached hydrogens (tertiary/aromatic N) is 5. The number of carbonyl (C=O) groups is 1. The van der Waals surface area contributed by atoms with Crippen LogP contribution in [0, 0.1) is 30.9 Å². The molecule has 9 nitrogen and oxygen atoms in total. The summed E-state index contributed by atoms with van der Waals surface area (Å²) in [6, 6.07) is 6.70. The molecular formula is C21H22ClF3N6O3. The van der Waals surface area contributed by atoms with Gasteiger partial charge in [0.25, 0.3) is 5.91 Å². The van der Waals surface area contributed by atoms with Crippen molar-refractivity contribution in [1.29, 1.82) is 0 Å². The van der Waals surface area contributed by atoms with Gasteiger partial charge >= 0.3 is 11.9 Å². The summed E-state index contributed by atoms with van der Waals surface area (Å²) in [5.41, 5.74) is 1.07. The Morgan fingerprint density at radius 3 is 2.29 bits per heavy atom. The lowest BCUT2D eigenvalue weighted by atomic mass is 10.1. The molecule has 0 spiro atoms. The van der Waals surface area contributed by atoms with E-state index in [1.807, 2.05) is 0 Å². The monoisotopic (exact) mass is 498 g/mol. The molecule has 1 N–H and O–H groups in total. The van der Waals surface area contributed by atoms with Crippen LogP contribution in [0.1, 0.15) is 45.1 Å². The van der Waals surface area contributed by atoms with Crippen LogP contribution in [-0.4, -0.2) is 36.9 Å². The predicted octanol–water partition coefficient (Wildman–Crippen LogP) is 4.45. The van der Waals surface area contributed by atoms with Crippen LogP contribution in [0.15, 0.2) is 24.3 Å². The fourth-order valence-electron chi connectivity index (χ4n) is 3.50. The Balaban J connectivity index is 1.54. The summed E-state index contributed by atoms with van der Waals surface area (Å²) in [5, 5.41) is 21.2. The molecule has 0 bridgehead atoms. The second-order valence-corrected chi connectivity index (χ2v) is 8.09. The molecule has 1 aromatic carbocycles. The number of hydrogen-bond donors (Lipinski definition) is 1. The number of hydrogen-bond acceptors (Lipinski definition) is 5. The van der Waals surface area contributed by atoms with E-state index in [1.54, 1.807) is 38.1 Å². The number of nitrogens with one attached hydrogen (secondary N) is 1. The zero-order valence-electron chi connectivity index (χ0n) is 18.6. The summed E-state index contributed by atoms with van der Waals surface area (Å²) in [7, 11) is 0. The molecule has 1 amide bonds. The molecule has 0 unspecified atom stereocenters. The Hall–Kier alpha value is -3.41. The van der Waals surface area contributed by atoms with Crippen molar-refractivity contribution in [3.05, 3.63) is 73.3 Å². The molecule has 0 radical (unpaired) electrons. The first kappa shape index (κ1) is 25.2. The minimum atomic E-state index is -4.63. The van der Waals surface area contributed by atoms with Crippen molar-refractivity contribution in [3.8, 4) is 0 Å². The molecule has 0 atom stereocenters. The van der Waals surface area contributed by atoms with Crippen molar-refractivity contribution in [1.82, 2.24) is 24.9 Å². The molecular weight excluding hydrogens is 477 g/mol. The zero-order valence-corrected chi connectivity index (χ0v) is 19.4. The van der Waals surface area contributed by atoms with Gasteiger partial charge in [-0.3, -0.25) is 24.3 Å². The van der Waals surface area contributed by atoms with E-state index in [0.29, 0.717) is 29.9 Å².